The minimum atomic E-state index is 0.377. The highest BCUT2D eigenvalue weighted by molar-refractivity contribution is 5.50. The predicted octanol–water partition coefficient (Wildman–Crippen LogP) is 3.33. The van der Waals surface area contributed by atoms with E-state index in [0.29, 0.717) is 6.10 Å². The minimum Gasteiger partial charge on any atom is -0.490 e. The molecule has 1 aliphatic rings. The molecule has 0 aromatic heterocycles. The summed E-state index contributed by atoms with van der Waals surface area (Å²) in [7, 11) is 0. The molecule has 0 fully saturated rings. The van der Waals surface area contributed by atoms with E-state index < -0.39 is 0 Å². The zero-order valence-corrected chi connectivity index (χ0v) is 9.48. The number of fused-ring (bicyclic) bond motifs is 1. The summed E-state index contributed by atoms with van der Waals surface area (Å²) < 4.78 is 5.92. The normalized spacial score (nSPS) is 20.1. The van der Waals surface area contributed by atoms with Crippen LogP contribution >= 0.6 is 0 Å². The van der Waals surface area contributed by atoms with Gasteiger partial charge in [-0.15, -0.1) is 0 Å². The Morgan fingerprint density at radius 1 is 1.21 bits per heavy atom. The fourth-order valence-electron chi connectivity index (χ4n) is 2.18. The molecule has 0 spiro atoms. The first-order valence-electron chi connectivity index (χ1n) is 5.36. The first-order valence-corrected chi connectivity index (χ1v) is 5.36. The third kappa shape index (κ3) is 1.41. The molecule has 1 unspecified atom stereocenters. The van der Waals surface area contributed by atoms with Crippen LogP contribution in [0.3, 0.4) is 0 Å². The number of rotatable bonds is 0. The average molecular weight is 190 g/mol. The van der Waals surface area contributed by atoms with Crippen LogP contribution in [0.25, 0.3) is 0 Å². The van der Waals surface area contributed by atoms with Gasteiger partial charge in [0.1, 0.15) is 5.75 Å². The van der Waals surface area contributed by atoms with Crippen LogP contribution in [-0.4, -0.2) is 6.10 Å². The second-order valence-corrected chi connectivity index (χ2v) is 4.41. The quantitative estimate of drug-likeness (QED) is 0.609. The van der Waals surface area contributed by atoms with Gasteiger partial charge in [-0.1, -0.05) is 6.07 Å². The highest BCUT2D eigenvalue weighted by atomic mass is 16.5. The molecule has 76 valence electrons. The van der Waals surface area contributed by atoms with Gasteiger partial charge in [0.2, 0.25) is 0 Å². The summed E-state index contributed by atoms with van der Waals surface area (Å²) in [5.74, 6) is 1.15. The van der Waals surface area contributed by atoms with Gasteiger partial charge in [-0.25, -0.2) is 0 Å². The Morgan fingerprint density at radius 3 is 2.64 bits per heavy atom. The molecule has 14 heavy (non-hydrogen) atoms. The Morgan fingerprint density at radius 2 is 1.93 bits per heavy atom. The van der Waals surface area contributed by atoms with Gasteiger partial charge in [0.15, 0.2) is 0 Å². The monoisotopic (exact) mass is 190 g/mol. The second-order valence-electron chi connectivity index (χ2n) is 4.41. The molecule has 1 atom stereocenters. The van der Waals surface area contributed by atoms with Gasteiger partial charge in [0.05, 0.1) is 6.10 Å². The highest BCUT2D eigenvalue weighted by Gasteiger charge is 2.20. The van der Waals surface area contributed by atoms with Crippen LogP contribution in [0.5, 0.6) is 5.75 Å². The molecule has 1 aromatic carbocycles. The SMILES string of the molecule is Cc1cc(C)c2c(c1C)OC(C)CC2. The lowest BCUT2D eigenvalue weighted by molar-refractivity contribution is 0.190. The lowest BCUT2D eigenvalue weighted by Gasteiger charge is -2.27. The number of hydrogen-bond donors (Lipinski definition) is 0. The Balaban J connectivity index is 2.57. The predicted molar refractivity (Wildman–Crippen MR) is 59.1 cm³/mol. The van der Waals surface area contributed by atoms with Crippen molar-refractivity contribution in [1.82, 2.24) is 0 Å². The zero-order chi connectivity index (χ0) is 10.3. The van der Waals surface area contributed by atoms with Crippen LogP contribution in [-0.2, 0) is 6.42 Å². The molecule has 0 radical (unpaired) electrons. The Labute approximate surface area is 86.1 Å². The van der Waals surface area contributed by atoms with Crippen molar-refractivity contribution in [3.8, 4) is 5.75 Å². The van der Waals surface area contributed by atoms with Gasteiger partial charge < -0.3 is 4.74 Å². The van der Waals surface area contributed by atoms with E-state index >= 15 is 0 Å². The number of aryl methyl sites for hydroxylation is 2. The lowest BCUT2D eigenvalue weighted by Crippen LogP contribution is -2.20. The van der Waals surface area contributed by atoms with Gasteiger partial charge in [0.25, 0.3) is 0 Å². The van der Waals surface area contributed by atoms with Gasteiger partial charge in [-0.3, -0.25) is 0 Å². The van der Waals surface area contributed by atoms with E-state index in [0.717, 1.165) is 12.2 Å². The summed E-state index contributed by atoms with van der Waals surface area (Å²) in [6, 6.07) is 2.27. The summed E-state index contributed by atoms with van der Waals surface area (Å²) >= 11 is 0. The molecule has 1 aromatic rings. The third-order valence-corrected chi connectivity index (χ3v) is 3.24. The Hall–Kier alpha value is -0.980. The van der Waals surface area contributed by atoms with E-state index in [1.807, 2.05) is 0 Å². The Bertz CT molecular complexity index is 366. The maximum atomic E-state index is 5.92. The molecule has 1 heterocycles. The molecule has 1 aliphatic heterocycles. The van der Waals surface area contributed by atoms with Gasteiger partial charge in [-0.05, 0) is 62.8 Å². The summed E-state index contributed by atoms with van der Waals surface area (Å²) in [5, 5.41) is 0. The molecule has 0 saturated heterocycles. The second kappa shape index (κ2) is 3.30. The molecular formula is C13H18O. The summed E-state index contributed by atoms with van der Waals surface area (Å²) in [4.78, 5) is 0. The van der Waals surface area contributed by atoms with Crippen LogP contribution < -0.4 is 4.74 Å². The van der Waals surface area contributed by atoms with E-state index in [-0.39, 0.29) is 0 Å². The van der Waals surface area contributed by atoms with E-state index in [9.17, 15) is 0 Å². The first kappa shape index (κ1) is 9.57. The van der Waals surface area contributed by atoms with Crippen molar-refractivity contribution in [3.05, 3.63) is 28.3 Å². The molecule has 0 amide bonds. The molecular weight excluding hydrogens is 172 g/mol. The zero-order valence-electron chi connectivity index (χ0n) is 9.48. The van der Waals surface area contributed by atoms with Crippen molar-refractivity contribution >= 4 is 0 Å². The first-order chi connectivity index (χ1) is 6.59. The van der Waals surface area contributed by atoms with Crippen molar-refractivity contribution < 1.29 is 4.74 Å². The van der Waals surface area contributed by atoms with Crippen LogP contribution in [0.2, 0.25) is 0 Å². The number of ether oxygens (including phenoxy) is 1. The fraction of sp³-hybridized carbons (Fsp3) is 0.538. The average Bonchev–Trinajstić information content (AvgIpc) is 2.14. The highest BCUT2D eigenvalue weighted by Crippen LogP contribution is 2.35. The smallest absolute Gasteiger partial charge is 0.126 e. The fourth-order valence-corrected chi connectivity index (χ4v) is 2.18. The number of benzene rings is 1. The molecule has 0 aliphatic carbocycles. The standard InChI is InChI=1S/C13H18O/c1-8-7-9(2)12-6-5-10(3)14-13(12)11(8)4/h7,10H,5-6H2,1-4H3. The van der Waals surface area contributed by atoms with E-state index in [4.69, 9.17) is 4.74 Å². The van der Waals surface area contributed by atoms with E-state index in [2.05, 4.69) is 33.8 Å². The summed E-state index contributed by atoms with van der Waals surface area (Å²) in [6.45, 7) is 8.65. The molecule has 0 bridgehead atoms. The van der Waals surface area contributed by atoms with Crippen LogP contribution in [0.1, 0.15) is 35.6 Å². The maximum absolute atomic E-state index is 5.92. The molecule has 1 nitrogen and oxygen atoms in total. The van der Waals surface area contributed by atoms with Crippen molar-refractivity contribution in [2.24, 2.45) is 0 Å². The maximum Gasteiger partial charge on any atom is 0.126 e. The number of hydrogen-bond acceptors (Lipinski definition) is 1. The van der Waals surface area contributed by atoms with Crippen LogP contribution in [0.4, 0.5) is 0 Å². The minimum absolute atomic E-state index is 0.377. The molecule has 0 saturated carbocycles. The molecule has 2 rings (SSSR count). The van der Waals surface area contributed by atoms with Crippen molar-refractivity contribution in [2.45, 2.75) is 46.6 Å². The van der Waals surface area contributed by atoms with Crippen LogP contribution in [0, 0.1) is 20.8 Å². The topological polar surface area (TPSA) is 9.23 Å². The van der Waals surface area contributed by atoms with E-state index in [1.165, 1.54) is 28.7 Å². The van der Waals surface area contributed by atoms with E-state index in [1.54, 1.807) is 0 Å². The van der Waals surface area contributed by atoms with Gasteiger partial charge >= 0.3 is 0 Å². The van der Waals surface area contributed by atoms with Crippen molar-refractivity contribution in [3.63, 3.8) is 0 Å². The molecule has 0 N–H and O–H groups in total. The van der Waals surface area contributed by atoms with Gasteiger partial charge in [-0.2, -0.15) is 0 Å². The van der Waals surface area contributed by atoms with Crippen molar-refractivity contribution in [1.29, 1.82) is 0 Å². The largest absolute Gasteiger partial charge is 0.490 e. The molecule has 1 heteroatoms. The van der Waals surface area contributed by atoms with Gasteiger partial charge in [0, 0.05) is 0 Å². The summed E-state index contributed by atoms with van der Waals surface area (Å²) in [5.41, 5.74) is 5.47. The Kier molecular flexibility index (Phi) is 2.26. The van der Waals surface area contributed by atoms with Crippen LogP contribution in [0.15, 0.2) is 6.07 Å². The lowest BCUT2D eigenvalue weighted by atomic mass is 9.93. The summed E-state index contributed by atoms with van der Waals surface area (Å²) in [6.07, 6.45) is 2.70. The van der Waals surface area contributed by atoms with Crippen molar-refractivity contribution in [2.75, 3.05) is 0 Å². The third-order valence-electron chi connectivity index (χ3n) is 3.24.